The second-order valence-corrected chi connectivity index (χ2v) is 4.12. The van der Waals surface area contributed by atoms with Crippen molar-refractivity contribution in [2.75, 3.05) is 5.32 Å². The molecule has 2 aromatic rings. The molecule has 0 saturated heterocycles. The van der Waals surface area contributed by atoms with Crippen LogP contribution in [-0.2, 0) is 6.54 Å². The van der Waals surface area contributed by atoms with Gasteiger partial charge in [-0.05, 0) is 29.8 Å². The molecule has 0 aliphatic heterocycles. The smallest absolute Gasteiger partial charge is 0.387 e. The van der Waals surface area contributed by atoms with E-state index in [4.69, 9.17) is 5.73 Å². The summed E-state index contributed by atoms with van der Waals surface area (Å²) in [6, 6.07) is 8.87. The molecule has 0 fully saturated rings. The van der Waals surface area contributed by atoms with Gasteiger partial charge in [0.15, 0.2) is 0 Å². The zero-order chi connectivity index (χ0) is 15.2. The van der Waals surface area contributed by atoms with Crippen molar-refractivity contribution < 1.29 is 18.3 Å². The summed E-state index contributed by atoms with van der Waals surface area (Å²) in [5.41, 5.74) is 6.47. The highest BCUT2D eigenvalue weighted by Crippen LogP contribution is 2.17. The van der Waals surface area contributed by atoms with Crippen LogP contribution < -0.4 is 15.8 Å². The number of benzene rings is 1. The van der Waals surface area contributed by atoms with E-state index in [1.54, 1.807) is 18.3 Å². The van der Waals surface area contributed by atoms with Gasteiger partial charge in [-0.25, -0.2) is 4.98 Å². The average molecular weight is 293 g/mol. The van der Waals surface area contributed by atoms with Crippen LogP contribution in [0, 0.1) is 0 Å². The molecule has 21 heavy (non-hydrogen) atoms. The van der Waals surface area contributed by atoms with Gasteiger partial charge in [-0.3, -0.25) is 4.79 Å². The lowest BCUT2D eigenvalue weighted by Gasteiger charge is -2.08. The maximum Gasteiger partial charge on any atom is 0.387 e. The van der Waals surface area contributed by atoms with E-state index in [0.717, 1.165) is 5.56 Å². The van der Waals surface area contributed by atoms with E-state index in [1.807, 2.05) is 0 Å². The molecule has 110 valence electrons. The number of amides is 1. The van der Waals surface area contributed by atoms with Gasteiger partial charge in [-0.15, -0.1) is 0 Å². The number of ether oxygens (including phenoxy) is 1. The van der Waals surface area contributed by atoms with Crippen molar-refractivity contribution in [1.29, 1.82) is 0 Å². The van der Waals surface area contributed by atoms with Crippen molar-refractivity contribution in [3.8, 4) is 5.75 Å². The summed E-state index contributed by atoms with van der Waals surface area (Å²) in [7, 11) is 0. The third-order valence-electron chi connectivity index (χ3n) is 2.62. The summed E-state index contributed by atoms with van der Waals surface area (Å²) in [6.45, 7) is -2.58. The Kier molecular flexibility index (Phi) is 4.78. The summed E-state index contributed by atoms with van der Waals surface area (Å²) in [5, 5.41) is 2.56. The van der Waals surface area contributed by atoms with Gasteiger partial charge in [0.2, 0.25) is 0 Å². The number of hydrogen-bond donors (Lipinski definition) is 2. The van der Waals surface area contributed by atoms with Crippen molar-refractivity contribution >= 4 is 11.7 Å². The van der Waals surface area contributed by atoms with E-state index in [-0.39, 0.29) is 11.3 Å². The topological polar surface area (TPSA) is 77.2 Å². The second-order valence-electron chi connectivity index (χ2n) is 4.12. The van der Waals surface area contributed by atoms with Gasteiger partial charge in [-0.1, -0.05) is 12.1 Å². The van der Waals surface area contributed by atoms with Crippen molar-refractivity contribution in [2.24, 2.45) is 5.73 Å². The predicted octanol–water partition coefficient (Wildman–Crippen LogP) is 2.39. The Balaban J connectivity index is 2.08. The minimum atomic E-state index is -2.94. The lowest BCUT2D eigenvalue weighted by Crippen LogP contribution is -2.13. The van der Waals surface area contributed by atoms with Crippen molar-refractivity contribution in [1.82, 2.24) is 4.98 Å². The van der Waals surface area contributed by atoms with E-state index in [9.17, 15) is 13.6 Å². The molecule has 1 aromatic heterocycles. The Morgan fingerprint density at radius 3 is 2.76 bits per heavy atom. The Morgan fingerprint density at radius 1 is 1.33 bits per heavy atom. The largest absolute Gasteiger partial charge is 0.435 e. The molecule has 5 nitrogen and oxygen atoms in total. The third kappa shape index (κ3) is 4.22. The highest BCUT2D eigenvalue weighted by Gasteiger charge is 2.10. The number of rotatable bonds is 5. The summed E-state index contributed by atoms with van der Waals surface area (Å²) >= 11 is 0. The monoisotopic (exact) mass is 293 g/mol. The highest BCUT2D eigenvalue weighted by atomic mass is 19.3. The van der Waals surface area contributed by atoms with Gasteiger partial charge < -0.3 is 15.8 Å². The van der Waals surface area contributed by atoms with E-state index >= 15 is 0 Å². The van der Waals surface area contributed by atoms with Gasteiger partial charge in [-0.2, -0.15) is 8.78 Å². The average Bonchev–Trinajstić information content (AvgIpc) is 2.47. The molecule has 7 heteroatoms. The number of carbonyl (C=O) groups is 1. The predicted molar refractivity (Wildman–Crippen MR) is 73.2 cm³/mol. The Hall–Kier alpha value is -2.54. The van der Waals surface area contributed by atoms with Gasteiger partial charge in [0.05, 0.1) is 0 Å². The number of carbonyl (C=O) groups excluding carboxylic acids is 1. The van der Waals surface area contributed by atoms with Gasteiger partial charge in [0, 0.05) is 18.3 Å². The fraction of sp³-hybridized carbons (Fsp3) is 0.143. The van der Waals surface area contributed by atoms with E-state index < -0.39 is 12.5 Å². The molecule has 0 spiro atoms. The summed E-state index contributed by atoms with van der Waals surface area (Å²) in [6.07, 6.45) is 1.55. The highest BCUT2D eigenvalue weighted by molar-refractivity contribution is 6.03. The van der Waals surface area contributed by atoms with Crippen molar-refractivity contribution in [3.05, 3.63) is 53.7 Å². The lowest BCUT2D eigenvalue weighted by atomic mass is 10.2. The Morgan fingerprint density at radius 2 is 2.14 bits per heavy atom. The maximum atomic E-state index is 12.1. The summed E-state index contributed by atoms with van der Waals surface area (Å²) in [5.74, 6) is -0.204. The number of halogens is 2. The zero-order valence-corrected chi connectivity index (χ0v) is 10.9. The van der Waals surface area contributed by atoms with Crippen LogP contribution in [0.15, 0.2) is 42.6 Å². The minimum absolute atomic E-state index is 0.0795. The Labute approximate surface area is 119 Å². The first-order chi connectivity index (χ1) is 10.1. The number of aromatic nitrogens is 1. The van der Waals surface area contributed by atoms with Crippen LogP contribution in [-0.4, -0.2) is 17.5 Å². The number of nitrogens with zero attached hydrogens (tertiary/aromatic N) is 1. The summed E-state index contributed by atoms with van der Waals surface area (Å²) < 4.78 is 28.5. The molecule has 0 atom stereocenters. The van der Waals surface area contributed by atoms with Crippen molar-refractivity contribution in [3.63, 3.8) is 0 Å². The number of nitrogens with one attached hydrogen (secondary N) is 1. The number of anilines is 1. The van der Waals surface area contributed by atoms with Crippen LogP contribution in [0.3, 0.4) is 0 Å². The molecule has 1 heterocycles. The van der Waals surface area contributed by atoms with Crippen LogP contribution in [0.5, 0.6) is 5.75 Å². The molecule has 0 saturated carbocycles. The molecule has 0 aliphatic rings. The number of nitrogens with two attached hydrogens (primary N) is 1. The molecule has 3 N–H and O–H groups in total. The fourth-order valence-electron chi connectivity index (χ4n) is 1.62. The van der Waals surface area contributed by atoms with Crippen LogP contribution in [0.2, 0.25) is 0 Å². The third-order valence-corrected chi connectivity index (χ3v) is 2.62. The van der Waals surface area contributed by atoms with Crippen LogP contribution >= 0.6 is 0 Å². The molecule has 1 aromatic carbocycles. The van der Waals surface area contributed by atoms with Crippen LogP contribution in [0.25, 0.3) is 0 Å². The standard InChI is InChI=1S/C14H13F2N3O2/c15-14(16)21-11-3-1-2-10(6-11)13(20)19-12-5-4-9(7-17)8-18-12/h1-6,8,14H,7,17H2,(H,18,19,20). The second kappa shape index (κ2) is 6.76. The molecule has 2 rings (SSSR count). The zero-order valence-electron chi connectivity index (χ0n) is 10.9. The molecular formula is C14H13F2N3O2. The first-order valence-corrected chi connectivity index (χ1v) is 6.09. The van der Waals surface area contributed by atoms with E-state index in [0.29, 0.717) is 12.4 Å². The van der Waals surface area contributed by atoms with Crippen LogP contribution in [0.4, 0.5) is 14.6 Å². The maximum absolute atomic E-state index is 12.1. The van der Waals surface area contributed by atoms with Gasteiger partial charge >= 0.3 is 6.61 Å². The molecule has 0 radical (unpaired) electrons. The molecule has 0 unspecified atom stereocenters. The number of hydrogen-bond acceptors (Lipinski definition) is 4. The van der Waals surface area contributed by atoms with Gasteiger partial charge in [0.1, 0.15) is 11.6 Å². The number of pyridine rings is 1. The SMILES string of the molecule is NCc1ccc(NC(=O)c2cccc(OC(F)F)c2)nc1. The number of alkyl halides is 2. The van der Waals surface area contributed by atoms with E-state index in [2.05, 4.69) is 15.0 Å². The molecule has 1 amide bonds. The quantitative estimate of drug-likeness (QED) is 0.887. The molecule has 0 bridgehead atoms. The van der Waals surface area contributed by atoms with Crippen LogP contribution in [0.1, 0.15) is 15.9 Å². The summed E-state index contributed by atoms with van der Waals surface area (Å²) in [4.78, 5) is 16.0. The Bertz CT molecular complexity index is 618. The first-order valence-electron chi connectivity index (χ1n) is 6.09. The first kappa shape index (κ1) is 14.9. The van der Waals surface area contributed by atoms with Crippen molar-refractivity contribution in [2.45, 2.75) is 13.2 Å². The fourth-order valence-corrected chi connectivity index (χ4v) is 1.62. The minimum Gasteiger partial charge on any atom is -0.435 e. The normalized spacial score (nSPS) is 10.5. The van der Waals surface area contributed by atoms with Gasteiger partial charge in [0.25, 0.3) is 5.91 Å². The van der Waals surface area contributed by atoms with E-state index in [1.165, 1.54) is 24.3 Å². The molecule has 0 aliphatic carbocycles. The lowest BCUT2D eigenvalue weighted by molar-refractivity contribution is -0.0498. The molecular weight excluding hydrogens is 280 g/mol.